The van der Waals surface area contributed by atoms with Crippen LogP contribution in [0.3, 0.4) is 0 Å². The number of aromatic nitrogens is 2. The van der Waals surface area contributed by atoms with Crippen molar-refractivity contribution in [3.05, 3.63) is 41.5 Å². The Morgan fingerprint density at radius 1 is 1.33 bits per heavy atom. The van der Waals surface area contributed by atoms with E-state index in [9.17, 15) is 13.2 Å². The number of fused-ring (bicyclic) bond motifs is 1. The van der Waals surface area contributed by atoms with Gasteiger partial charge in [0.1, 0.15) is 5.82 Å². The van der Waals surface area contributed by atoms with Crippen LogP contribution in [0, 0.1) is 6.92 Å². The highest BCUT2D eigenvalue weighted by Crippen LogP contribution is 2.34. The average Bonchev–Trinajstić information content (AvgIpc) is 2.93. The third-order valence-corrected chi connectivity index (χ3v) is 4.33. The number of amides is 1. The Kier molecular flexibility index (Phi) is 2.94. The fraction of sp³-hybridized carbons (Fsp3) is 0.143. The molecule has 1 amide bonds. The van der Waals surface area contributed by atoms with E-state index < -0.39 is 9.84 Å². The molecule has 0 radical (unpaired) electrons. The van der Waals surface area contributed by atoms with Crippen LogP contribution in [0.2, 0.25) is 0 Å². The molecule has 2 heterocycles. The van der Waals surface area contributed by atoms with Crippen LogP contribution in [0.25, 0.3) is 11.6 Å². The Hall–Kier alpha value is -2.41. The second-order valence-electron chi connectivity index (χ2n) is 4.92. The molecule has 7 heteroatoms. The molecular formula is C14H17N3O3S. The van der Waals surface area contributed by atoms with Crippen LogP contribution < -0.4 is 5.32 Å². The quantitative estimate of drug-likeness (QED) is 0.831. The van der Waals surface area contributed by atoms with E-state index in [4.69, 9.17) is 0 Å². The zero-order valence-corrected chi connectivity index (χ0v) is 12.3. The number of nitrogens with zero attached hydrogens (tertiary/aromatic N) is 1. The predicted molar refractivity (Wildman–Crippen MR) is 83.6 cm³/mol. The zero-order chi connectivity index (χ0) is 15.2. The van der Waals surface area contributed by atoms with Crippen LogP contribution in [-0.4, -0.2) is 30.5 Å². The summed E-state index contributed by atoms with van der Waals surface area (Å²) in [5, 5.41) is 2.72. The number of carbonyl (C=O) groups excluding carboxylic acids is 1. The van der Waals surface area contributed by atoms with Gasteiger partial charge in [0.25, 0.3) is 5.91 Å². The molecule has 1 aliphatic heterocycles. The van der Waals surface area contributed by atoms with Crippen molar-refractivity contribution in [2.75, 3.05) is 11.6 Å². The normalized spacial score (nSPS) is 16.1. The summed E-state index contributed by atoms with van der Waals surface area (Å²) in [6.45, 7) is 1.81. The number of aromatic amines is 1. The first-order valence-corrected chi connectivity index (χ1v) is 8.13. The van der Waals surface area contributed by atoms with Crippen molar-refractivity contribution >= 4 is 33.1 Å². The molecule has 2 aromatic rings. The van der Waals surface area contributed by atoms with Gasteiger partial charge in [0.2, 0.25) is 0 Å². The smallest absolute Gasteiger partial charge is 0.256 e. The molecule has 21 heavy (non-hydrogen) atoms. The van der Waals surface area contributed by atoms with E-state index in [0.717, 1.165) is 12.1 Å². The molecule has 0 saturated carbocycles. The maximum Gasteiger partial charge on any atom is 0.256 e. The Morgan fingerprint density at radius 2 is 2.10 bits per heavy atom. The van der Waals surface area contributed by atoms with Gasteiger partial charge >= 0.3 is 0 Å². The van der Waals surface area contributed by atoms with Gasteiger partial charge in [-0.15, -0.1) is 0 Å². The second kappa shape index (κ2) is 4.56. The summed E-state index contributed by atoms with van der Waals surface area (Å²) in [6, 6.07) is 4.60. The number of rotatable bonds is 2. The van der Waals surface area contributed by atoms with Crippen LogP contribution in [0.1, 0.15) is 19.9 Å². The minimum absolute atomic E-state index is 0. The summed E-state index contributed by atoms with van der Waals surface area (Å²) in [5.41, 5.74) is 2.29. The highest BCUT2D eigenvalue weighted by Gasteiger charge is 2.25. The van der Waals surface area contributed by atoms with Crippen LogP contribution in [-0.2, 0) is 14.6 Å². The summed E-state index contributed by atoms with van der Waals surface area (Å²) in [4.78, 5) is 19.3. The van der Waals surface area contributed by atoms with Gasteiger partial charge in [-0.3, -0.25) is 4.79 Å². The van der Waals surface area contributed by atoms with Crippen molar-refractivity contribution in [3.63, 3.8) is 0 Å². The minimum Gasteiger partial charge on any atom is -0.343 e. The van der Waals surface area contributed by atoms with E-state index in [1.165, 1.54) is 12.1 Å². The topological polar surface area (TPSA) is 91.9 Å². The van der Waals surface area contributed by atoms with Crippen molar-refractivity contribution < 1.29 is 16.1 Å². The maximum atomic E-state index is 12.0. The van der Waals surface area contributed by atoms with Gasteiger partial charge in [0.15, 0.2) is 9.84 Å². The van der Waals surface area contributed by atoms with E-state index >= 15 is 0 Å². The first kappa shape index (κ1) is 13.6. The van der Waals surface area contributed by atoms with Crippen LogP contribution in [0.15, 0.2) is 29.3 Å². The second-order valence-corrected chi connectivity index (χ2v) is 6.93. The summed E-state index contributed by atoms with van der Waals surface area (Å²) in [5.74, 6) is 0.480. The molecule has 3 rings (SSSR count). The van der Waals surface area contributed by atoms with Crippen LogP contribution >= 0.6 is 0 Å². The molecule has 0 atom stereocenters. The number of nitrogens with one attached hydrogen (secondary N) is 2. The summed E-state index contributed by atoms with van der Waals surface area (Å²) in [6.07, 6.45) is 4.42. The zero-order valence-electron chi connectivity index (χ0n) is 11.5. The first-order valence-electron chi connectivity index (χ1n) is 6.24. The summed E-state index contributed by atoms with van der Waals surface area (Å²) < 4.78 is 23.3. The van der Waals surface area contributed by atoms with E-state index in [2.05, 4.69) is 15.3 Å². The lowest BCUT2D eigenvalue weighted by Gasteiger charge is -2.02. The summed E-state index contributed by atoms with van der Waals surface area (Å²) >= 11 is 0. The highest BCUT2D eigenvalue weighted by molar-refractivity contribution is 7.90. The molecule has 1 aromatic carbocycles. The molecule has 0 saturated heterocycles. The number of sulfone groups is 1. The number of hydrogen-bond acceptors (Lipinski definition) is 4. The Labute approximate surface area is 124 Å². The molecule has 0 aliphatic carbocycles. The Morgan fingerprint density at radius 3 is 2.71 bits per heavy atom. The standard InChI is InChI=1S/C14H13N3O3S.2H2/c1-8-15-7-9(16-8)5-12-11-6-10(21(2,19)20)3-4-13(11)17-14(12)18;;/h3-7H,1-2H3,(H,15,16)(H,17,18);2*1H/b12-5-;;. The molecule has 6 nitrogen and oxygen atoms in total. The molecule has 0 fully saturated rings. The van der Waals surface area contributed by atoms with E-state index in [0.29, 0.717) is 22.5 Å². The molecule has 1 aliphatic rings. The number of hydrogen-bond donors (Lipinski definition) is 2. The number of anilines is 1. The van der Waals surface area contributed by atoms with Crippen LogP contribution in [0.4, 0.5) is 5.69 Å². The molecular weight excluding hydrogens is 290 g/mol. The number of carbonyl (C=O) groups is 1. The van der Waals surface area contributed by atoms with E-state index in [1.807, 2.05) is 6.92 Å². The lowest BCUT2D eigenvalue weighted by Crippen LogP contribution is -2.03. The molecule has 0 spiro atoms. The van der Waals surface area contributed by atoms with Gasteiger partial charge in [-0.25, -0.2) is 13.4 Å². The minimum atomic E-state index is -3.32. The van der Waals surface area contributed by atoms with Crippen LogP contribution in [0.5, 0.6) is 0 Å². The fourth-order valence-corrected chi connectivity index (χ4v) is 2.86. The molecule has 112 valence electrons. The summed E-state index contributed by atoms with van der Waals surface area (Å²) in [7, 11) is -3.32. The number of aryl methyl sites for hydroxylation is 1. The molecule has 0 bridgehead atoms. The van der Waals surface area contributed by atoms with E-state index in [1.54, 1.807) is 18.3 Å². The molecule has 1 aromatic heterocycles. The van der Waals surface area contributed by atoms with Gasteiger partial charge in [0, 0.05) is 20.4 Å². The Balaban J connectivity index is 0.00000132. The Bertz CT molecular complexity index is 888. The van der Waals surface area contributed by atoms with Gasteiger partial charge in [-0.1, -0.05) is 0 Å². The molecule has 0 unspecified atom stereocenters. The average molecular weight is 307 g/mol. The third-order valence-electron chi connectivity index (χ3n) is 3.22. The maximum absolute atomic E-state index is 12.0. The fourth-order valence-electron chi connectivity index (χ4n) is 2.21. The first-order chi connectivity index (χ1) is 9.84. The highest BCUT2D eigenvalue weighted by atomic mass is 32.2. The number of benzene rings is 1. The lowest BCUT2D eigenvalue weighted by atomic mass is 10.1. The van der Waals surface area contributed by atoms with Crippen molar-refractivity contribution in [1.29, 1.82) is 0 Å². The SMILES string of the molecule is Cc1ncc(/C=C2\C(=O)Nc3ccc(S(C)(=O)=O)cc32)[nH]1.[HH].[HH]. The predicted octanol–water partition coefficient (Wildman–Crippen LogP) is 2.11. The van der Waals surface area contributed by atoms with Gasteiger partial charge < -0.3 is 10.3 Å². The van der Waals surface area contributed by atoms with Gasteiger partial charge in [0.05, 0.1) is 22.4 Å². The van der Waals surface area contributed by atoms with Gasteiger partial charge in [-0.05, 0) is 31.2 Å². The van der Waals surface area contributed by atoms with Crippen molar-refractivity contribution in [2.24, 2.45) is 0 Å². The van der Waals surface area contributed by atoms with E-state index in [-0.39, 0.29) is 13.7 Å². The molecule has 2 N–H and O–H groups in total. The monoisotopic (exact) mass is 307 g/mol. The van der Waals surface area contributed by atoms with Crippen molar-refractivity contribution in [2.45, 2.75) is 11.8 Å². The number of H-pyrrole nitrogens is 1. The number of imidazole rings is 1. The van der Waals surface area contributed by atoms with Gasteiger partial charge in [-0.2, -0.15) is 0 Å². The third kappa shape index (κ3) is 2.47. The largest absolute Gasteiger partial charge is 0.343 e. The lowest BCUT2D eigenvalue weighted by molar-refractivity contribution is -0.110. The van der Waals surface area contributed by atoms with Crippen molar-refractivity contribution in [1.82, 2.24) is 9.97 Å². The van der Waals surface area contributed by atoms with Crippen molar-refractivity contribution in [3.8, 4) is 0 Å².